The Kier molecular flexibility index (Phi) is 5.41. The molecule has 6 nitrogen and oxygen atoms in total. The first-order valence-corrected chi connectivity index (χ1v) is 10.1. The van der Waals surface area contributed by atoms with Gasteiger partial charge >= 0.3 is 0 Å². The molecule has 7 heteroatoms. The highest BCUT2D eigenvalue weighted by atomic mass is 32.2. The fraction of sp³-hybridized carbons (Fsp3) is 0.316. The Labute approximate surface area is 154 Å². The van der Waals surface area contributed by atoms with Gasteiger partial charge in [0, 0.05) is 11.1 Å². The van der Waals surface area contributed by atoms with Gasteiger partial charge in [-0.15, -0.1) is 0 Å². The topological polar surface area (TPSA) is 84.9 Å². The summed E-state index contributed by atoms with van der Waals surface area (Å²) in [4.78, 5) is 13.0. The van der Waals surface area contributed by atoms with Crippen LogP contribution in [0.2, 0.25) is 0 Å². The van der Waals surface area contributed by atoms with Crippen molar-refractivity contribution >= 4 is 15.9 Å². The zero-order chi connectivity index (χ0) is 18.7. The summed E-state index contributed by atoms with van der Waals surface area (Å²) >= 11 is 0. The van der Waals surface area contributed by atoms with Gasteiger partial charge < -0.3 is 10.6 Å². The van der Waals surface area contributed by atoms with Crippen LogP contribution in [0.4, 0.5) is 0 Å². The van der Waals surface area contributed by atoms with Crippen molar-refractivity contribution in [3.63, 3.8) is 0 Å². The summed E-state index contributed by atoms with van der Waals surface area (Å²) in [5, 5.41) is 0. The minimum Gasteiger partial charge on any atom is -0.366 e. The van der Waals surface area contributed by atoms with Crippen molar-refractivity contribution in [1.82, 2.24) is 4.31 Å². The van der Waals surface area contributed by atoms with E-state index in [0.29, 0.717) is 18.7 Å². The average molecular weight is 374 g/mol. The molecule has 0 unspecified atom stereocenters. The summed E-state index contributed by atoms with van der Waals surface area (Å²) in [6.07, 6.45) is 0. The number of quaternary nitrogens is 1. The molecule has 1 heterocycles. The number of benzene rings is 2. The van der Waals surface area contributed by atoms with E-state index in [2.05, 4.69) is 12.1 Å². The monoisotopic (exact) mass is 374 g/mol. The van der Waals surface area contributed by atoms with Crippen LogP contribution in [0.3, 0.4) is 0 Å². The van der Waals surface area contributed by atoms with E-state index < -0.39 is 15.9 Å². The average Bonchev–Trinajstić information content (AvgIpc) is 2.63. The van der Waals surface area contributed by atoms with E-state index in [1.165, 1.54) is 20.8 Å². The maximum absolute atomic E-state index is 12.9. The lowest BCUT2D eigenvalue weighted by Gasteiger charge is -2.31. The van der Waals surface area contributed by atoms with Crippen LogP contribution >= 0.6 is 0 Å². The van der Waals surface area contributed by atoms with Gasteiger partial charge in [0.2, 0.25) is 15.9 Å². The highest BCUT2D eigenvalue weighted by Gasteiger charge is 2.31. The Morgan fingerprint density at radius 2 is 1.77 bits per heavy atom. The molecule has 138 valence electrons. The lowest BCUT2D eigenvalue weighted by atomic mass is 10.1. The molecular weight excluding hydrogens is 350 g/mol. The number of rotatable bonds is 5. The fourth-order valence-corrected chi connectivity index (χ4v) is 4.75. The van der Waals surface area contributed by atoms with Gasteiger partial charge in [-0.1, -0.05) is 36.4 Å². The number of piperazine rings is 1. The van der Waals surface area contributed by atoms with Crippen LogP contribution in [0.15, 0.2) is 53.4 Å². The Morgan fingerprint density at radius 3 is 2.38 bits per heavy atom. The molecule has 3 rings (SSSR count). The molecule has 1 saturated heterocycles. The number of hydrogen-bond acceptors (Lipinski definition) is 3. The maximum Gasteiger partial charge on any atom is 0.249 e. The van der Waals surface area contributed by atoms with Crippen LogP contribution in [-0.4, -0.2) is 44.8 Å². The van der Waals surface area contributed by atoms with Gasteiger partial charge in [0.05, 0.1) is 31.1 Å². The minimum absolute atomic E-state index is 0.128. The van der Waals surface area contributed by atoms with Gasteiger partial charge in [0.1, 0.15) is 6.54 Å². The van der Waals surface area contributed by atoms with Crippen LogP contribution in [0.25, 0.3) is 0 Å². The van der Waals surface area contributed by atoms with E-state index in [1.807, 2.05) is 18.2 Å². The number of nitrogens with zero attached hydrogens (tertiary/aromatic N) is 1. The van der Waals surface area contributed by atoms with Gasteiger partial charge in [0.25, 0.3) is 0 Å². The third kappa shape index (κ3) is 3.95. The number of amides is 1. The molecule has 0 radical (unpaired) electrons. The maximum atomic E-state index is 12.9. The molecule has 1 aliphatic rings. The number of hydrogen-bond donors (Lipinski definition) is 2. The van der Waals surface area contributed by atoms with E-state index in [1.54, 1.807) is 19.1 Å². The first-order chi connectivity index (χ1) is 12.4. The van der Waals surface area contributed by atoms with Gasteiger partial charge in [0.15, 0.2) is 0 Å². The molecule has 3 N–H and O–H groups in total. The number of nitrogens with two attached hydrogens (primary N) is 1. The largest absolute Gasteiger partial charge is 0.366 e. The van der Waals surface area contributed by atoms with Crippen LogP contribution in [0.5, 0.6) is 0 Å². The first-order valence-electron chi connectivity index (χ1n) is 8.66. The van der Waals surface area contributed by atoms with Gasteiger partial charge in [-0.25, -0.2) is 8.42 Å². The standard InChI is InChI=1S/C19H23N3O3S/c1-15-7-8-17(13-18(15)19(20)23)26(24,25)22-11-9-21(10-12-22)14-16-5-3-2-4-6-16/h2-8,13H,9-12,14H2,1H3,(H2,20,23)/p+1. The summed E-state index contributed by atoms with van der Waals surface area (Å²) < 4.78 is 27.3. The Bertz CT molecular complexity index is 890. The second-order valence-electron chi connectivity index (χ2n) is 6.66. The fourth-order valence-electron chi connectivity index (χ4n) is 3.28. The van der Waals surface area contributed by atoms with Crippen molar-refractivity contribution in [3.05, 3.63) is 65.2 Å². The third-order valence-corrected chi connectivity index (χ3v) is 6.73. The van der Waals surface area contributed by atoms with Crippen LogP contribution in [0.1, 0.15) is 21.5 Å². The summed E-state index contributed by atoms with van der Waals surface area (Å²) in [5.41, 5.74) is 7.52. The van der Waals surface area contributed by atoms with Gasteiger partial charge in [-0.05, 0) is 24.6 Å². The molecule has 2 aromatic carbocycles. The smallest absolute Gasteiger partial charge is 0.249 e. The van der Waals surface area contributed by atoms with Crippen molar-refractivity contribution < 1.29 is 18.1 Å². The summed E-state index contributed by atoms with van der Waals surface area (Å²) in [6, 6.07) is 14.8. The first kappa shape index (κ1) is 18.6. The van der Waals surface area contributed by atoms with Gasteiger partial charge in [-0.2, -0.15) is 4.31 Å². The van der Waals surface area contributed by atoms with Crippen LogP contribution in [-0.2, 0) is 16.6 Å². The molecule has 0 spiro atoms. The quantitative estimate of drug-likeness (QED) is 0.783. The molecule has 1 fully saturated rings. The van der Waals surface area contributed by atoms with Crippen LogP contribution in [0, 0.1) is 6.92 Å². The van der Waals surface area contributed by atoms with Crippen LogP contribution < -0.4 is 10.6 Å². The SMILES string of the molecule is Cc1ccc(S(=O)(=O)N2CC[NH+](Cc3ccccc3)CC2)cc1C(N)=O. The Hall–Kier alpha value is -2.22. The molecular formula is C19H24N3O3S+. The summed E-state index contributed by atoms with van der Waals surface area (Å²) in [6.45, 7) is 5.06. The second-order valence-corrected chi connectivity index (χ2v) is 8.60. The van der Waals surface area contributed by atoms with Crippen molar-refractivity contribution in [2.45, 2.75) is 18.4 Å². The molecule has 1 amide bonds. The predicted octanol–water partition coefficient (Wildman–Crippen LogP) is 0.183. The molecule has 0 saturated carbocycles. The number of primary amides is 1. The molecule has 2 aromatic rings. The number of carbonyl (C=O) groups is 1. The minimum atomic E-state index is -3.62. The third-order valence-electron chi connectivity index (χ3n) is 4.84. The van der Waals surface area contributed by atoms with Crippen molar-refractivity contribution in [2.75, 3.05) is 26.2 Å². The lowest BCUT2D eigenvalue weighted by Crippen LogP contribution is -3.13. The lowest BCUT2D eigenvalue weighted by molar-refractivity contribution is -0.917. The molecule has 0 bridgehead atoms. The molecule has 1 aliphatic heterocycles. The second kappa shape index (κ2) is 7.57. The summed E-state index contributed by atoms with van der Waals surface area (Å²) in [7, 11) is -3.62. The molecule has 0 aromatic heterocycles. The van der Waals surface area contributed by atoms with E-state index in [-0.39, 0.29) is 10.5 Å². The highest BCUT2D eigenvalue weighted by Crippen LogP contribution is 2.19. The van der Waals surface area contributed by atoms with E-state index in [0.717, 1.165) is 19.6 Å². The predicted molar refractivity (Wildman–Crippen MR) is 99.3 cm³/mol. The van der Waals surface area contributed by atoms with Crippen molar-refractivity contribution in [1.29, 1.82) is 0 Å². The number of sulfonamides is 1. The summed E-state index contributed by atoms with van der Waals surface area (Å²) in [5.74, 6) is -0.614. The highest BCUT2D eigenvalue weighted by molar-refractivity contribution is 7.89. The zero-order valence-corrected chi connectivity index (χ0v) is 15.6. The number of nitrogens with one attached hydrogen (secondary N) is 1. The van der Waals surface area contributed by atoms with E-state index in [9.17, 15) is 13.2 Å². The Balaban J connectivity index is 1.70. The normalized spacial score (nSPS) is 16.5. The van der Waals surface area contributed by atoms with Crippen molar-refractivity contribution in [3.8, 4) is 0 Å². The van der Waals surface area contributed by atoms with E-state index >= 15 is 0 Å². The zero-order valence-electron chi connectivity index (χ0n) is 14.8. The Morgan fingerprint density at radius 1 is 1.12 bits per heavy atom. The van der Waals surface area contributed by atoms with Crippen molar-refractivity contribution in [2.24, 2.45) is 5.73 Å². The number of aryl methyl sites for hydroxylation is 1. The number of carbonyl (C=O) groups excluding carboxylic acids is 1. The van der Waals surface area contributed by atoms with Gasteiger partial charge in [-0.3, -0.25) is 4.79 Å². The van der Waals surface area contributed by atoms with E-state index in [4.69, 9.17) is 5.73 Å². The molecule has 0 atom stereocenters. The molecule has 0 aliphatic carbocycles. The molecule has 26 heavy (non-hydrogen) atoms.